The van der Waals surface area contributed by atoms with E-state index in [-0.39, 0.29) is 17.2 Å². The average Bonchev–Trinajstić information content (AvgIpc) is 2.91. The first-order valence-corrected chi connectivity index (χ1v) is 7.70. The number of benzene rings is 1. The third-order valence-corrected chi connectivity index (χ3v) is 3.28. The van der Waals surface area contributed by atoms with Crippen molar-refractivity contribution in [1.82, 2.24) is 25.0 Å². The van der Waals surface area contributed by atoms with E-state index in [9.17, 15) is 4.79 Å². The molecule has 1 N–H and O–H groups in total. The molecule has 120 valence electrons. The van der Waals surface area contributed by atoms with Crippen LogP contribution in [0.5, 0.6) is 5.75 Å². The predicted octanol–water partition coefficient (Wildman–Crippen LogP) is 2.24. The Kier molecular flexibility index (Phi) is 4.10. The van der Waals surface area contributed by atoms with Gasteiger partial charge in [0.15, 0.2) is 11.2 Å². The summed E-state index contributed by atoms with van der Waals surface area (Å²) in [4.78, 5) is 19.3. The quantitative estimate of drug-likeness (QED) is 0.780. The maximum absolute atomic E-state index is 12.1. The highest BCUT2D eigenvalue weighted by molar-refractivity contribution is 5.70. The van der Waals surface area contributed by atoms with Gasteiger partial charge < -0.3 is 9.72 Å². The Bertz CT molecular complexity index is 882. The molecular formula is C16H19N5O2. The first kappa shape index (κ1) is 15.2. The molecule has 2 aromatic heterocycles. The van der Waals surface area contributed by atoms with Crippen LogP contribution in [0.2, 0.25) is 0 Å². The summed E-state index contributed by atoms with van der Waals surface area (Å²) in [6.07, 6.45) is 1.68. The summed E-state index contributed by atoms with van der Waals surface area (Å²) in [7, 11) is 0. The topological polar surface area (TPSA) is 85.7 Å². The Balaban J connectivity index is 2.11. The molecule has 0 spiro atoms. The van der Waals surface area contributed by atoms with Crippen molar-refractivity contribution in [2.45, 2.75) is 39.7 Å². The van der Waals surface area contributed by atoms with Gasteiger partial charge in [0.1, 0.15) is 11.6 Å². The fourth-order valence-electron chi connectivity index (χ4n) is 2.36. The van der Waals surface area contributed by atoms with Crippen LogP contribution < -0.4 is 10.3 Å². The predicted molar refractivity (Wildman–Crippen MR) is 87.0 cm³/mol. The normalized spacial score (nSPS) is 11.3. The molecule has 0 aliphatic rings. The van der Waals surface area contributed by atoms with Crippen LogP contribution >= 0.6 is 0 Å². The minimum Gasteiger partial charge on any atom is -0.491 e. The van der Waals surface area contributed by atoms with Gasteiger partial charge in [0.05, 0.1) is 11.8 Å². The van der Waals surface area contributed by atoms with E-state index in [0.717, 1.165) is 17.9 Å². The van der Waals surface area contributed by atoms with E-state index in [1.54, 1.807) is 4.68 Å². The van der Waals surface area contributed by atoms with Crippen LogP contribution in [0.4, 0.5) is 0 Å². The summed E-state index contributed by atoms with van der Waals surface area (Å²) >= 11 is 0. The molecule has 3 rings (SSSR count). The minimum absolute atomic E-state index is 0.0786. The highest BCUT2D eigenvalue weighted by atomic mass is 16.5. The number of hydrogen-bond acceptors (Lipinski definition) is 5. The molecule has 0 bridgehead atoms. The van der Waals surface area contributed by atoms with Crippen LogP contribution in [0.1, 0.15) is 33.0 Å². The van der Waals surface area contributed by atoms with E-state index in [1.807, 2.05) is 45.0 Å². The number of nitrogens with one attached hydrogen (secondary N) is 1. The third-order valence-electron chi connectivity index (χ3n) is 3.28. The maximum atomic E-state index is 12.1. The molecule has 1 aromatic carbocycles. The second-order valence-corrected chi connectivity index (χ2v) is 5.60. The maximum Gasteiger partial charge on any atom is 0.281 e. The van der Waals surface area contributed by atoms with E-state index in [2.05, 4.69) is 20.3 Å². The number of aromatic nitrogens is 5. The van der Waals surface area contributed by atoms with Gasteiger partial charge >= 0.3 is 0 Å². The molecule has 0 fully saturated rings. The molecule has 3 aromatic rings. The number of hydrogen-bond donors (Lipinski definition) is 1. The number of aryl methyl sites for hydroxylation is 1. The van der Waals surface area contributed by atoms with Crippen molar-refractivity contribution in [2.75, 3.05) is 0 Å². The van der Waals surface area contributed by atoms with E-state index in [0.29, 0.717) is 17.9 Å². The zero-order valence-corrected chi connectivity index (χ0v) is 13.4. The van der Waals surface area contributed by atoms with Gasteiger partial charge in [0.2, 0.25) is 0 Å². The Morgan fingerprint density at radius 1 is 1.35 bits per heavy atom. The van der Waals surface area contributed by atoms with Crippen LogP contribution in [0.3, 0.4) is 0 Å². The molecular weight excluding hydrogens is 294 g/mol. The summed E-state index contributed by atoms with van der Waals surface area (Å²) < 4.78 is 7.27. The van der Waals surface area contributed by atoms with Crippen molar-refractivity contribution >= 4 is 11.2 Å². The Morgan fingerprint density at radius 3 is 2.91 bits per heavy atom. The molecule has 2 heterocycles. The van der Waals surface area contributed by atoms with Gasteiger partial charge in [0.25, 0.3) is 5.56 Å². The molecule has 7 heteroatoms. The minimum atomic E-state index is -0.265. The van der Waals surface area contributed by atoms with Gasteiger partial charge in [-0.15, -0.1) is 5.10 Å². The van der Waals surface area contributed by atoms with Crippen LogP contribution in [-0.2, 0) is 6.42 Å². The number of aromatic amines is 1. The average molecular weight is 313 g/mol. The fourth-order valence-corrected chi connectivity index (χ4v) is 2.36. The van der Waals surface area contributed by atoms with Gasteiger partial charge in [-0.05, 0) is 32.4 Å². The van der Waals surface area contributed by atoms with Gasteiger partial charge in [0, 0.05) is 12.5 Å². The van der Waals surface area contributed by atoms with Crippen LogP contribution in [0, 0.1) is 0 Å². The van der Waals surface area contributed by atoms with Crippen molar-refractivity contribution in [3.8, 4) is 11.4 Å². The summed E-state index contributed by atoms with van der Waals surface area (Å²) in [5.74, 6) is 1.38. The Morgan fingerprint density at radius 2 is 2.17 bits per heavy atom. The van der Waals surface area contributed by atoms with Crippen LogP contribution in [0.15, 0.2) is 29.1 Å². The largest absolute Gasteiger partial charge is 0.491 e. The highest BCUT2D eigenvalue weighted by Crippen LogP contribution is 2.19. The summed E-state index contributed by atoms with van der Waals surface area (Å²) in [6, 6.07) is 7.49. The number of H-pyrrole nitrogens is 1. The smallest absolute Gasteiger partial charge is 0.281 e. The molecule has 0 unspecified atom stereocenters. The summed E-state index contributed by atoms with van der Waals surface area (Å²) in [5, 5.41) is 8.03. The third kappa shape index (κ3) is 3.08. The van der Waals surface area contributed by atoms with E-state index in [1.165, 1.54) is 0 Å². The summed E-state index contributed by atoms with van der Waals surface area (Å²) in [5.41, 5.74) is 1.18. The fraction of sp³-hybridized carbons (Fsp3) is 0.375. The first-order valence-electron chi connectivity index (χ1n) is 7.70. The zero-order valence-electron chi connectivity index (χ0n) is 13.4. The monoisotopic (exact) mass is 313 g/mol. The lowest BCUT2D eigenvalue weighted by molar-refractivity contribution is 0.242. The van der Waals surface area contributed by atoms with Crippen LogP contribution in [-0.4, -0.2) is 31.1 Å². The van der Waals surface area contributed by atoms with Crippen molar-refractivity contribution in [2.24, 2.45) is 0 Å². The molecule has 7 nitrogen and oxygen atoms in total. The Hall–Kier alpha value is -2.70. The van der Waals surface area contributed by atoms with Gasteiger partial charge in [-0.25, -0.2) is 4.98 Å². The second kappa shape index (κ2) is 6.20. The van der Waals surface area contributed by atoms with Crippen molar-refractivity contribution in [3.63, 3.8) is 0 Å². The second-order valence-electron chi connectivity index (χ2n) is 5.60. The molecule has 0 atom stereocenters. The standard InChI is InChI=1S/C16H19N5O2/c1-4-6-13-17-15-14(16(22)18-13)19-20-21(15)11-7-5-8-12(9-11)23-10(2)3/h5,7-10H,4,6H2,1-3H3,(H,17,18,22). The van der Waals surface area contributed by atoms with Gasteiger partial charge in [-0.3, -0.25) is 4.79 Å². The lowest BCUT2D eigenvalue weighted by Gasteiger charge is -2.10. The van der Waals surface area contributed by atoms with Gasteiger partial charge in [-0.1, -0.05) is 18.2 Å². The molecule has 0 saturated carbocycles. The van der Waals surface area contributed by atoms with Gasteiger partial charge in [-0.2, -0.15) is 4.68 Å². The number of nitrogens with zero attached hydrogens (tertiary/aromatic N) is 4. The van der Waals surface area contributed by atoms with Crippen molar-refractivity contribution in [3.05, 3.63) is 40.4 Å². The molecule has 0 saturated heterocycles. The molecule has 0 aliphatic carbocycles. The molecule has 0 amide bonds. The number of ether oxygens (including phenoxy) is 1. The lowest BCUT2D eigenvalue weighted by Crippen LogP contribution is -2.12. The van der Waals surface area contributed by atoms with Crippen LogP contribution in [0.25, 0.3) is 16.9 Å². The van der Waals surface area contributed by atoms with Crippen molar-refractivity contribution in [1.29, 1.82) is 0 Å². The number of rotatable bonds is 5. The lowest BCUT2D eigenvalue weighted by atomic mass is 10.3. The molecule has 0 radical (unpaired) electrons. The molecule has 0 aliphatic heterocycles. The SMILES string of the molecule is CCCc1nc2c(nnn2-c2cccc(OC(C)C)c2)c(=O)[nH]1. The number of fused-ring (bicyclic) bond motifs is 1. The van der Waals surface area contributed by atoms with E-state index >= 15 is 0 Å². The van der Waals surface area contributed by atoms with E-state index < -0.39 is 0 Å². The Labute approximate surface area is 133 Å². The van der Waals surface area contributed by atoms with E-state index in [4.69, 9.17) is 4.74 Å². The van der Waals surface area contributed by atoms with Crippen molar-refractivity contribution < 1.29 is 4.74 Å². The first-order chi connectivity index (χ1) is 11.1. The highest BCUT2D eigenvalue weighted by Gasteiger charge is 2.13. The zero-order chi connectivity index (χ0) is 16.4. The summed E-state index contributed by atoms with van der Waals surface area (Å²) in [6.45, 7) is 5.97. The molecule has 23 heavy (non-hydrogen) atoms.